The molecular formula is C10H9ClN2O2S. The van der Waals surface area contributed by atoms with Gasteiger partial charge in [0.1, 0.15) is 14.9 Å². The van der Waals surface area contributed by atoms with Crippen molar-refractivity contribution < 1.29 is 9.53 Å². The summed E-state index contributed by atoms with van der Waals surface area (Å²) in [5.41, 5.74) is 7.21. The zero-order chi connectivity index (χ0) is 11.9. The summed E-state index contributed by atoms with van der Waals surface area (Å²) >= 11 is 7.03. The summed E-state index contributed by atoms with van der Waals surface area (Å²) in [6, 6.07) is 1.72. The topological polar surface area (TPSA) is 65.2 Å². The maximum atomic E-state index is 11.4. The van der Waals surface area contributed by atoms with E-state index < -0.39 is 5.97 Å². The number of pyridine rings is 1. The summed E-state index contributed by atoms with van der Waals surface area (Å²) in [6.07, 6.45) is 0. The van der Waals surface area contributed by atoms with Gasteiger partial charge in [0.15, 0.2) is 0 Å². The van der Waals surface area contributed by atoms with Crippen molar-refractivity contribution in [3.05, 3.63) is 21.7 Å². The highest BCUT2D eigenvalue weighted by atomic mass is 35.5. The number of aromatic nitrogens is 1. The molecular weight excluding hydrogens is 248 g/mol. The fourth-order valence-electron chi connectivity index (χ4n) is 1.52. The third-order valence-corrected chi connectivity index (χ3v) is 3.51. The molecule has 0 saturated carbocycles. The normalized spacial score (nSPS) is 10.7. The second-order valence-corrected chi connectivity index (χ2v) is 4.66. The lowest BCUT2D eigenvalue weighted by atomic mass is 10.2. The van der Waals surface area contributed by atoms with E-state index in [2.05, 4.69) is 9.72 Å². The van der Waals surface area contributed by atoms with Gasteiger partial charge in [0.05, 0.1) is 12.8 Å². The number of fused-ring (bicyclic) bond motifs is 1. The molecule has 84 valence electrons. The molecule has 4 nitrogen and oxygen atoms in total. The standard InChI is InChI=1S/C10H9ClN2O2S/c1-4-3-5(11)13-9-6(4)7(12)8(16-9)10(14)15-2/h3H,12H2,1-2H3. The van der Waals surface area contributed by atoms with Gasteiger partial charge in [-0.2, -0.15) is 0 Å². The lowest BCUT2D eigenvalue weighted by Crippen LogP contribution is -2.01. The van der Waals surface area contributed by atoms with Gasteiger partial charge in [-0.3, -0.25) is 0 Å². The molecule has 0 fully saturated rings. The Morgan fingerprint density at radius 2 is 2.31 bits per heavy atom. The fraction of sp³-hybridized carbons (Fsp3) is 0.200. The van der Waals surface area contributed by atoms with E-state index in [0.29, 0.717) is 20.5 Å². The molecule has 0 unspecified atom stereocenters. The summed E-state index contributed by atoms with van der Waals surface area (Å²) in [7, 11) is 1.32. The second kappa shape index (κ2) is 3.92. The Balaban J connectivity index is 2.78. The van der Waals surface area contributed by atoms with E-state index in [9.17, 15) is 4.79 Å². The van der Waals surface area contributed by atoms with Crippen LogP contribution < -0.4 is 5.73 Å². The van der Waals surface area contributed by atoms with Gasteiger partial charge in [0.25, 0.3) is 0 Å². The number of esters is 1. The van der Waals surface area contributed by atoms with Gasteiger partial charge < -0.3 is 10.5 Å². The molecule has 0 radical (unpaired) electrons. The minimum absolute atomic E-state index is 0.371. The largest absolute Gasteiger partial charge is 0.465 e. The number of hydrogen-bond acceptors (Lipinski definition) is 5. The van der Waals surface area contributed by atoms with E-state index in [4.69, 9.17) is 17.3 Å². The Hall–Kier alpha value is -1.33. The summed E-state index contributed by atoms with van der Waals surface area (Å²) in [4.78, 5) is 16.6. The van der Waals surface area contributed by atoms with Crippen LogP contribution in [0.25, 0.3) is 10.2 Å². The van der Waals surface area contributed by atoms with Crippen LogP contribution in [-0.4, -0.2) is 18.1 Å². The van der Waals surface area contributed by atoms with Crippen LogP contribution in [-0.2, 0) is 4.74 Å². The molecule has 0 amide bonds. The van der Waals surface area contributed by atoms with Crippen molar-refractivity contribution in [3.63, 3.8) is 0 Å². The lowest BCUT2D eigenvalue weighted by Gasteiger charge is -1.99. The predicted molar refractivity (Wildman–Crippen MR) is 65.1 cm³/mol. The number of thiophene rings is 1. The average Bonchev–Trinajstić information content (AvgIpc) is 2.54. The van der Waals surface area contributed by atoms with Crippen LogP contribution in [0, 0.1) is 6.92 Å². The first-order valence-electron chi connectivity index (χ1n) is 4.48. The number of halogens is 1. The number of aryl methyl sites for hydroxylation is 1. The van der Waals surface area contributed by atoms with Crippen molar-refractivity contribution >= 4 is 44.8 Å². The van der Waals surface area contributed by atoms with Gasteiger partial charge in [-0.05, 0) is 18.6 Å². The second-order valence-electron chi connectivity index (χ2n) is 3.28. The number of nitrogens with two attached hydrogens (primary N) is 1. The van der Waals surface area contributed by atoms with Crippen molar-refractivity contribution in [1.82, 2.24) is 4.98 Å². The van der Waals surface area contributed by atoms with Crippen LogP contribution in [0.5, 0.6) is 0 Å². The summed E-state index contributed by atoms with van der Waals surface area (Å²) in [5, 5.41) is 1.16. The van der Waals surface area contributed by atoms with Crippen LogP contribution in [0.15, 0.2) is 6.07 Å². The first kappa shape index (κ1) is 11.2. The number of methoxy groups -OCH3 is 1. The van der Waals surface area contributed by atoms with Gasteiger partial charge >= 0.3 is 5.97 Å². The molecule has 0 atom stereocenters. The van der Waals surface area contributed by atoms with E-state index in [-0.39, 0.29) is 0 Å². The van der Waals surface area contributed by atoms with Crippen LogP contribution in [0.2, 0.25) is 5.15 Å². The van der Waals surface area contributed by atoms with E-state index in [1.807, 2.05) is 6.92 Å². The molecule has 6 heteroatoms. The van der Waals surface area contributed by atoms with Gasteiger partial charge in [-0.15, -0.1) is 11.3 Å². The minimum Gasteiger partial charge on any atom is -0.465 e. The Morgan fingerprint density at radius 3 is 2.94 bits per heavy atom. The van der Waals surface area contributed by atoms with Crippen LogP contribution in [0.3, 0.4) is 0 Å². The fourth-order valence-corrected chi connectivity index (χ4v) is 2.90. The van der Waals surface area contributed by atoms with E-state index in [1.54, 1.807) is 6.07 Å². The van der Waals surface area contributed by atoms with Crippen LogP contribution in [0.1, 0.15) is 15.2 Å². The molecule has 0 aliphatic heterocycles. The smallest absolute Gasteiger partial charge is 0.350 e. The highest BCUT2D eigenvalue weighted by molar-refractivity contribution is 7.21. The molecule has 0 aliphatic carbocycles. The number of carbonyl (C=O) groups is 1. The number of rotatable bonds is 1. The maximum Gasteiger partial charge on any atom is 0.350 e. The summed E-state index contributed by atoms with van der Waals surface area (Å²) in [5.74, 6) is -0.448. The quantitative estimate of drug-likeness (QED) is 0.629. The molecule has 0 bridgehead atoms. The van der Waals surface area contributed by atoms with Gasteiger partial charge in [-0.1, -0.05) is 11.6 Å². The summed E-state index contributed by atoms with van der Waals surface area (Å²) in [6.45, 7) is 1.88. The number of hydrogen-bond donors (Lipinski definition) is 1. The van der Waals surface area contributed by atoms with Crippen molar-refractivity contribution in [2.45, 2.75) is 6.92 Å². The number of carbonyl (C=O) groups excluding carboxylic acids is 1. The number of ether oxygens (including phenoxy) is 1. The molecule has 0 saturated heterocycles. The average molecular weight is 257 g/mol. The first-order valence-corrected chi connectivity index (χ1v) is 5.67. The molecule has 0 aliphatic rings. The number of nitrogen functional groups attached to an aromatic ring is 1. The Bertz CT molecular complexity index is 580. The van der Waals surface area contributed by atoms with Gasteiger partial charge in [0, 0.05) is 5.39 Å². The van der Waals surface area contributed by atoms with E-state index >= 15 is 0 Å². The van der Waals surface area contributed by atoms with E-state index in [1.165, 1.54) is 18.4 Å². The Kier molecular flexibility index (Phi) is 2.73. The molecule has 2 rings (SSSR count). The molecule has 0 aromatic carbocycles. The molecule has 2 N–H and O–H groups in total. The number of anilines is 1. The summed E-state index contributed by atoms with van der Waals surface area (Å²) < 4.78 is 4.65. The van der Waals surface area contributed by atoms with Crippen molar-refractivity contribution in [1.29, 1.82) is 0 Å². The van der Waals surface area contributed by atoms with Crippen LogP contribution >= 0.6 is 22.9 Å². The molecule has 0 spiro atoms. The molecule has 2 aromatic heterocycles. The first-order chi connectivity index (χ1) is 7.54. The third-order valence-electron chi connectivity index (χ3n) is 2.24. The third kappa shape index (κ3) is 1.62. The Morgan fingerprint density at radius 1 is 1.62 bits per heavy atom. The Labute approximate surface area is 101 Å². The van der Waals surface area contributed by atoms with Crippen molar-refractivity contribution in [3.8, 4) is 0 Å². The zero-order valence-corrected chi connectivity index (χ0v) is 10.3. The van der Waals surface area contributed by atoms with Crippen molar-refractivity contribution in [2.75, 3.05) is 12.8 Å². The zero-order valence-electron chi connectivity index (χ0n) is 8.70. The molecule has 16 heavy (non-hydrogen) atoms. The highest BCUT2D eigenvalue weighted by Gasteiger charge is 2.19. The number of nitrogens with zero attached hydrogens (tertiary/aromatic N) is 1. The van der Waals surface area contributed by atoms with Gasteiger partial charge in [0.2, 0.25) is 0 Å². The SMILES string of the molecule is COC(=O)c1sc2nc(Cl)cc(C)c2c1N. The predicted octanol–water partition coefficient (Wildman–Crippen LogP) is 2.63. The monoisotopic (exact) mass is 256 g/mol. The minimum atomic E-state index is -0.448. The van der Waals surface area contributed by atoms with Gasteiger partial charge in [-0.25, -0.2) is 9.78 Å². The maximum absolute atomic E-state index is 11.4. The molecule has 2 aromatic rings. The molecule has 2 heterocycles. The van der Waals surface area contributed by atoms with Crippen LogP contribution in [0.4, 0.5) is 5.69 Å². The van der Waals surface area contributed by atoms with Crippen molar-refractivity contribution in [2.24, 2.45) is 0 Å². The lowest BCUT2D eigenvalue weighted by molar-refractivity contribution is 0.0607. The highest BCUT2D eigenvalue weighted by Crippen LogP contribution is 2.35. The van der Waals surface area contributed by atoms with E-state index in [0.717, 1.165) is 10.9 Å².